The van der Waals surface area contributed by atoms with Gasteiger partial charge in [-0.1, -0.05) is 6.92 Å². The van der Waals surface area contributed by atoms with Crippen molar-refractivity contribution in [3.63, 3.8) is 0 Å². The van der Waals surface area contributed by atoms with Gasteiger partial charge in [-0.2, -0.15) is 0 Å². The largest absolute Gasteiger partial charge is 0.493 e. The van der Waals surface area contributed by atoms with E-state index in [1.807, 2.05) is 25.1 Å². The molecule has 0 bridgehead atoms. The van der Waals surface area contributed by atoms with Crippen LogP contribution in [-0.4, -0.2) is 24.9 Å². The number of benzene rings is 1. The molecule has 1 aromatic carbocycles. The first kappa shape index (κ1) is 11.2. The second-order valence-corrected chi connectivity index (χ2v) is 4.22. The van der Waals surface area contributed by atoms with Gasteiger partial charge in [-0.25, -0.2) is 0 Å². The zero-order valence-corrected chi connectivity index (χ0v) is 9.35. The van der Waals surface area contributed by atoms with E-state index in [0.717, 1.165) is 17.1 Å². The molecule has 1 heterocycles. The lowest BCUT2D eigenvalue weighted by atomic mass is 10.1. The predicted octanol–water partition coefficient (Wildman–Crippen LogP) is 1.09. The molecule has 4 nitrogen and oxygen atoms in total. The van der Waals surface area contributed by atoms with Crippen LogP contribution in [0.5, 0.6) is 11.5 Å². The monoisotopic (exact) mass is 223 g/mol. The fourth-order valence-electron chi connectivity index (χ4n) is 1.60. The zero-order chi connectivity index (χ0) is 11.5. The topological polar surface area (TPSA) is 64.7 Å². The Morgan fingerprint density at radius 1 is 1.62 bits per heavy atom. The van der Waals surface area contributed by atoms with E-state index in [1.165, 1.54) is 0 Å². The molecule has 3 N–H and O–H groups in total. The summed E-state index contributed by atoms with van der Waals surface area (Å²) in [5, 5.41) is 8.88. The maximum atomic E-state index is 8.88. The van der Waals surface area contributed by atoms with Gasteiger partial charge in [0.2, 0.25) is 0 Å². The Morgan fingerprint density at radius 2 is 2.44 bits per heavy atom. The van der Waals surface area contributed by atoms with Crippen LogP contribution in [0.15, 0.2) is 18.2 Å². The van der Waals surface area contributed by atoms with Crippen molar-refractivity contribution in [1.82, 2.24) is 0 Å². The molecule has 0 fully saturated rings. The van der Waals surface area contributed by atoms with Gasteiger partial charge in [0.15, 0.2) is 0 Å². The molecule has 0 amide bonds. The van der Waals surface area contributed by atoms with Crippen LogP contribution in [0.1, 0.15) is 18.5 Å². The third-order valence-electron chi connectivity index (χ3n) is 2.65. The zero-order valence-electron chi connectivity index (χ0n) is 9.35. The Balaban J connectivity index is 2.02. The van der Waals surface area contributed by atoms with Crippen LogP contribution in [0.4, 0.5) is 0 Å². The van der Waals surface area contributed by atoms with Crippen molar-refractivity contribution in [3.05, 3.63) is 23.8 Å². The summed E-state index contributed by atoms with van der Waals surface area (Å²) < 4.78 is 11.0. The fourth-order valence-corrected chi connectivity index (χ4v) is 1.60. The van der Waals surface area contributed by atoms with Gasteiger partial charge in [-0.3, -0.25) is 0 Å². The summed E-state index contributed by atoms with van der Waals surface area (Å²) in [6, 6.07) is 5.65. The van der Waals surface area contributed by atoms with E-state index in [2.05, 4.69) is 0 Å². The molecular formula is C12H17NO3. The number of fused-ring (bicyclic) bond motifs is 1. The van der Waals surface area contributed by atoms with Gasteiger partial charge in [-0.05, 0) is 12.1 Å². The minimum Gasteiger partial charge on any atom is -0.493 e. The highest BCUT2D eigenvalue weighted by molar-refractivity contribution is 5.44. The molecule has 0 spiro atoms. The molecule has 88 valence electrons. The molecule has 2 unspecified atom stereocenters. The molecule has 2 atom stereocenters. The van der Waals surface area contributed by atoms with E-state index < -0.39 is 0 Å². The fraction of sp³-hybridized carbons (Fsp3) is 0.500. The van der Waals surface area contributed by atoms with Crippen LogP contribution in [0, 0.1) is 5.92 Å². The lowest BCUT2D eigenvalue weighted by Crippen LogP contribution is -2.12. The van der Waals surface area contributed by atoms with Crippen molar-refractivity contribution in [3.8, 4) is 11.5 Å². The second kappa shape index (κ2) is 4.72. The SMILES string of the molecule is CC(CO)COc1ccc2c(c1)OCC2N. The van der Waals surface area contributed by atoms with Crippen LogP contribution in [0.3, 0.4) is 0 Å². The average molecular weight is 223 g/mol. The van der Waals surface area contributed by atoms with Crippen LogP contribution in [-0.2, 0) is 0 Å². The molecule has 2 rings (SSSR count). The number of nitrogens with two attached hydrogens (primary N) is 1. The van der Waals surface area contributed by atoms with Gasteiger partial charge < -0.3 is 20.3 Å². The number of aliphatic hydroxyl groups is 1. The van der Waals surface area contributed by atoms with E-state index in [9.17, 15) is 0 Å². The summed E-state index contributed by atoms with van der Waals surface area (Å²) in [5.41, 5.74) is 6.87. The average Bonchev–Trinajstić information content (AvgIpc) is 2.67. The number of rotatable bonds is 4. The van der Waals surface area contributed by atoms with Crippen LogP contribution in [0.2, 0.25) is 0 Å². The Kier molecular flexibility index (Phi) is 3.31. The lowest BCUT2D eigenvalue weighted by Gasteiger charge is -2.11. The standard InChI is InChI=1S/C12H17NO3/c1-8(5-14)6-15-9-2-3-10-11(13)7-16-12(10)4-9/h2-4,8,11,14H,5-7,13H2,1H3. The number of hydrogen-bond donors (Lipinski definition) is 2. The Labute approximate surface area is 95.0 Å². The minimum absolute atomic E-state index is 0.0274. The quantitative estimate of drug-likeness (QED) is 0.802. The van der Waals surface area contributed by atoms with Gasteiger partial charge in [0.25, 0.3) is 0 Å². The highest BCUT2D eigenvalue weighted by Gasteiger charge is 2.20. The molecule has 1 aliphatic rings. The van der Waals surface area contributed by atoms with Crippen molar-refractivity contribution in [2.45, 2.75) is 13.0 Å². The molecule has 1 aliphatic heterocycles. The number of aliphatic hydroxyl groups excluding tert-OH is 1. The molecule has 1 aromatic rings. The first-order valence-electron chi connectivity index (χ1n) is 5.46. The number of hydrogen-bond acceptors (Lipinski definition) is 4. The molecule has 16 heavy (non-hydrogen) atoms. The molecule has 0 radical (unpaired) electrons. The van der Waals surface area contributed by atoms with Crippen LogP contribution < -0.4 is 15.2 Å². The van der Waals surface area contributed by atoms with E-state index in [0.29, 0.717) is 13.2 Å². The molecule has 4 heteroatoms. The van der Waals surface area contributed by atoms with E-state index in [4.69, 9.17) is 20.3 Å². The van der Waals surface area contributed by atoms with Gasteiger partial charge in [0, 0.05) is 24.2 Å². The molecule has 0 aliphatic carbocycles. The first-order valence-corrected chi connectivity index (χ1v) is 5.46. The third kappa shape index (κ3) is 2.28. The van der Waals surface area contributed by atoms with Gasteiger partial charge in [-0.15, -0.1) is 0 Å². The summed E-state index contributed by atoms with van der Waals surface area (Å²) in [6.07, 6.45) is 0. The lowest BCUT2D eigenvalue weighted by molar-refractivity contribution is 0.174. The van der Waals surface area contributed by atoms with Crippen molar-refractivity contribution < 1.29 is 14.6 Å². The van der Waals surface area contributed by atoms with Crippen molar-refractivity contribution >= 4 is 0 Å². The maximum absolute atomic E-state index is 8.88. The predicted molar refractivity (Wildman–Crippen MR) is 60.6 cm³/mol. The Morgan fingerprint density at radius 3 is 3.19 bits per heavy atom. The summed E-state index contributed by atoms with van der Waals surface area (Å²) >= 11 is 0. The minimum atomic E-state index is -0.0274. The molecule has 0 saturated carbocycles. The summed E-state index contributed by atoms with van der Waals surface area (Å²) in [4.78, 5) is 0. The van der Waals surface area contributed by atoms with Crippen molar-refractivity contribution in [2.24, 2.45) is 11.7 Å². The van der Waals surface area contributed by atoms with Crippen molar-refractivity contribution in [1.29, 1.82) is 0 Å². The summed E-state index contributed by atoms with van der Waals surface area (Å²) in [5.74, 6) is 1.70. The third-order valence-corrected chi connectivity index (χ3v) is 2.65. The highest BCUT2D eigenvalue weighted by Crippen LogP contribution is 2.33. The van der Waals surface area contributed by atoms with Gasteiger partial charge >= 0.3 is 0 Å². The second-order valence-electron chi connectivity index (χ2n) is 4.22. The van der Waals surface area contributed by atoms with Gasteiger partial charge in [0.05, 0.1) is 12.6 Å². The molecule has 0 aromatic heterocycles. The van der Waals surface area contributed by atoms with Crippen LogP contribution >= 0.6 is 0 Å². The Hall–Kier alpha value is -1.26. The maximum Gasteiger partial charge on any atom is 0.127 e. The number of ether oxygens (including phenoxy) is 2. The van der Waals surface area contributed by atoms with Gasteiger partial charge in [0.1, 0.15) is 18.1 Å². The summed E-state index contributed by atoms with van der Waals surface area (Å²) in [6.45, 7) is 3.10. The first-order chi connectivity index (χ1) is 7.70. The molecular weight excluding hydrogens is 206 g/mol. The molecule has 0 saturated heterocycles. The van der Waals surface area contributed by atoms with Crippen molar-refractivity contribution in [2.75, 3.05) is 19.8 Å². The van der Waals surface area contributed by atoms with E-state index >= 15 is 0 Å². The van der Waals surface area contributed by atoms with Crippen LogP contribution in [0.25, 0.3) is 0 Å². The normalized spacial score (nSPS) is 20.1. The smallest absolute Gasteiger partial charge is 0.127 e. The van der Waals surface area contributed by atoms with E-state index in [1.54, 1.807) is 0 Å². The van der Waals surface area contributed by atoms with E-state index in [-0.39, 0.29) is 18.6 Å². The summed E-state index contributed by atoms with van der Waals surface area (Å²) in [7, 11) is 0. The Bertz CT molecular complexity index is 367. The highest BCUT2D eigenvalue weighted by atomic mass is 16.5.